The molecular formula is C25H26N6O2. The van der Waals surface area contributed by atoms with Crippen molar-refractivity contribution >= 4 is 11.9 Å². The quantitative estimate of drug-likeness (QED) is 0.450. The number of benzene rings is 2. The average molecular weight is 443 g/mol. The lowest BCUT2D eigenvalue weighted by molar-refractivity contribution is -0.118. The fourth-order valence-electron chi connectivity index (χ4n) is 3.61. The van der Waals surface area contributed by atoms with Crippen molar-refractivity contribution in [1.29, 1.82) is 0 Å². The van der Waals surface area contributed by atoms with E-state index in [0.717, 1.165) is 29.7 Å². The van der Waals surface area contributed by atoms with E-state index in [9.17, 15) is 9.59 Å². The molecule has 168 valence electrons. The number of amides is 3. The summed E-state index contributed by atoms with van der Waals surface area (Å²) in [7, 11) is 0. The van der Waals surface area contributed by atoms with E-state index in [1.54, 1.807) is 0 Å². The van der Waals surface area contributed by atoms with Crippen LogP contribution in [0.4, 0.5) is 4.79 Å². The van der Waals surface area contributed by atoms with E-state index in [-0.39, 0.29) is 23.1 Å². The maximum Gasteiger partial charge on any atom is 0.323 e. The molecule has 33 heavy (non-hydrogen) atoms. The van der Waals surface area contributed by atoms with Crippen molar-refractivity contribution in [3.63, 3.8) is 0 Å². The summed E-state index contributed by atoms with van der Waals surface area (Å²) < 4.78 is 1.93. The van der Waals surface area contributed by atoms with Gasteiger partial charge in [-0.05, 0) is 36.1 Å². The van der Waals surface area contributed by atoms with Gasteiger partial charge in [-0.25, -0.2) is 4.79 Å². The minimum Gasteiger partial charge on any atom is -0.395 e. The van der Waals surface area contributed by atoms with E-state index in [0.29, 0.717) is 0 Å². The second-order valence-electron chi connectivity index (χ2n) is 7.89. The Labute approximate surface area is 192 Å². The van der Waals surface area contributed by atoms with Crippen molar-refractivity contribution < 1.29 is 9.59 Å². The van der Waals surface area contributed by atoms with Crippen LogP contribution < -0.4 is 21.7 Å². The number of aryl methyl sites for hydroxylation is 2. The van der Waals surface area contributed by atoms with Gasteiger partial charge >= 0.3 is 6.03 Å². The minimum atomic E-state index is -0.543. The highest BCUT2D eigenvalue weighted by Gasteiger charge is 2.25. The van der Waals surface area contributed by atoms with Gasteiger partial charge in [-0.3, -0.25) is 9.48 Å². The number of nitrogens with zero attached hydrogens (tertiary/aromatic N) is 2. The third-order valence-electron chi connectivity index (χ3n) is 5.50. The van der Waals surface area contributed by atoms with Gasteiger partial charge in [0.05, 0.1) is 23.6 Å². The predicted octanol–water partition coefficient (Wildman–Crippen LogP) is 2.97. The van der Waals surface area contributed by atoms with Crippen molar-refractivity contribution in [1.82, 2.24) is 25.7 Å². The third kappa shape index (κ3) is 5.12. The number of carbonyl (C=O) groups is 2. The summed E-state index contributed by atoms with van der Waals surface area (Å²) in [5.41, 5.74) is 10.4. The van der Waals surface area contributed by atoms with E-state index in [1.807, 2.05) is 66.5 Å². The molecule has 3 aromatic rings. The van der Waals surface area contributed by atoms with Crippen LogP contribution in [0, 0.1) is 0 Å². The van der Waals surface area contributed by atoms with Crippen molar-refractivity contribution in [2.75, 3.05) is 0 Å². The van der Waals surface area contributed by atoms with Gasteiger partial charge < -0.3 is 21.7 Å². The Morgan fingerprint density at radius 3 is 2.73 bits per heavy atom. The first-order chi connectivity index (χ1) is 15.9. The Morgan fingerprint density at radius 1 is 1.15 bits per heavy atom. The summed E-state index contributed by atoms with van der Waals surface area (Å²) in [5, 5.41) is 12.2. The number of hydrogen-bond acceptors (Lipinski definition) is 4. The van der Waals surface area contributed by atoms with Gasteiger partial charge in [0, 0.05) is 18.3 Å². The molecule has 0 bridgehead atoms. The fraction of sp³-hybridized carbons (Fsp3) is 0.160. The Balaban J connectivity index is 1.44. The third-order valence-corrected chi connectivity index (χ3v) is 5.50. The highest BCUT2D eigenvalue weighted by atomic mass is 16.2. The van der Waals surface area contributed by atoms with Crippen LogP contribution in [0.15, 0.2) is 90.7 Å². The normalized spacial score (nSPS) is 14.5. The highest BCUT2D eigenvalue weighted by molar-refractivity contribution is 6.00. The van der Waals surface area contributed by atoms with E-state index < -0.39 is 11.9 Å². The lowest BCUT2D eigenvalue weighted by atomic mass is 10.0. The monoisotopic (exact) mass is 442 g/mol. The van der Waals surface area contributed by atoms with Gasteiger partial charge in [-0.1, -0.05) is 55.1 Å². The summed E-state index contributed by atoms with van der Waals surface area (Å²) in [6.45, 7) is 6.31. The maximum atomic E-state index is 12.7. The Kier molecular flexibility index (Phi) is 6.26. The summed E-state index contributed by atoms with van der Waals surface area (Å²) in [5.74, 6) is -0.477. The predicted molar refractivity (Wildman–Crippen MR) is 126 cm³/mol. The average Bonchev–Trinajstić information content (AvgIpc) is 3.30. The molecule has 1 atom stereocenters. The van der Waals surface area contributed by atoms with E-state index in [1.165, 1.54) is 5.56 Å². The molecule has 8 nitrogen and oxygen atoms in total. The second-order valence-corrected chi connectivity index (χ2v) is 7.89. The number of carbonyl (C=O) groups excluding carboxylic acids is 2. The lowest BCUT2D eigenvalue weighted by Gasteiger charge is -2.22. The first-order valence-corrected chi connectivity index (χ1v) is 10.7. The van der Waals surface area contributed by atoms with E-state index in [4.69, 9.17) is 5.73 Å². The molecule has 1 aliphatic rings. The Hall–Kier alpha value is -4.33. The molecule has 0 spiro atoms. The summed E-state index contributed by atoms with van der Waals surface area (Å²) >= 11 is 0. The number of nitrogens with two attached hydrogens (primary N) is 1. The summed E-state index contributed by atoms with van der Waals surface area (Å²) in [6, 6.07) is 17.3. The zero-order chi connectivity index (χ0) is 23.4. The molecule has 4 rings (SSSR count). The van der Waals surface area contributed by atoms with Crippen molar-refractivity contribution in [3.8, 4) is 11.1 Å². The summed E-state index contributed by atoms with van der Waals surface area (Å²) in [6.07, 6.45) is 4.77. The van der Waals surface area contributed by atoms with E-state index in [2.05, 4.69) is 39.8 Å². The van der Waals surface area contributed by atoms with Gasteiger partial charge in [-0.2, -0.15) is 5.10 Å². The number of hydrogen-bond donors (Lipinski definition) is 4. The molecule has 0 unspecified atom stereocenters. The van der Waals surface area contributed by atoms with Crippen LogP contribution in [0.1, 0.15) is 24.1 Å². The molecule has 0 aliphatic carbocycles. The molecule has 2 aromatic carbocycles. The van der Waals surface area contributed by atoms with Crippen LogP contribution in [-0.2, 0) is 17.8 Å². The summed E-state index contributed by atoms with van der Waals surface area (Å²) in [4.78, 5) is 24.3. The highest BCUT2D eigenvalue weighted by Crippen LogP contribution is 2.23. The molecule has 5 N–H and O–H groups in total. The molecule has 2 heterocycles. The van der Waals surface area contributed by atoms with Gasteiger partial charge in [0.1, 0.15) is 5.70 Å². The van der Waals surface area contributed by atoms with Gasteiger partial charge in [0.15, 0.2) is 0 Å². The van der Waals surface area contributed by atoms with Gasteiger partial charge in [-0.15, -0.1) is 0 Å². The fourth-order valence-corrected chi connectivity index (χ4v) is 3.61. The Bertz CT molecular complexity index is 1230. The molecule has 1 aliphatic heterocycles. The first kappa shape index (κ1) is 21.9. The van der Waals surface area contributed by atoms with Gasteiger partial charge in [0.2, 0.25) is 0 Å². The molecule has 8 heteroatoms. The number of nitrogens with one attached hydrogen (secondary N) is 3. The first-order valence-electron chi connectivity index (χ1n) is 10.7. The smallest absolute Gasteiger partial charge is 0.323 e. The van der Waals surface area contributed by atoms with Crippen molar-refractivity contribution in [2.45, 2.75) is 25.9 Å². The largest absolute Gasteiger partial charge is 0.395 e. The number of urea groups is 1. The molecule has 1 aromatic heterocycles. The zero-order valence-electron chi connectivity index (χ0n) is 18.3. The van der Waals surface area contributed by atoms with Crippen molar-refractivity contribution in [3.05, 3.63) is 102 Å². The topological polar surface area (TPSA) is 114 Å². The standard InChI is InChI=1S/C25H26N6O2/c1-16(28-24(32)23-22(26)17(2)29-25(33)30-23)19-9-6-10-20(13-19)21-14-27-31(15-21)12-11-18-7-4-3-5-8-18/h3-10,13-16H,2,11-12,26H2,1H3,(H,28,32)(H2,29,30,33)/t16-/m1/s1. The molecule has 0 saturated carbocycles. The number of rotatable bonds is 7. The van der Waals surface area contributed by atoms with Crippen LogP contribution in [0.3, 0.4) is 0 Å². The van der Waals surface area contributed by atoms with Crippen LogP contribution in [0.2, 0.25) is 0 Å². The van der Waals surface area contributed by atoms with Crippen LogP contribution in [0.5, 0.6) is 0 Å². The minimum absolute atomic E-state index is 0.00792. The molecule has 0 radical (unpaired) electrons. The van der Waals surface area contributed by atoms with E-state index >= 15 is 0 Å². The van der Waals surface area contributed by atoms with Crippen molar-refractivity contribution in [2.24, 2.45) is 5.73 Å². The molecule has 0 saturated heterocycles. The molecular weight excluding hydrogens is 416 g/mol. The number of aromatic nitrogens is 2. The van der Waals surface area contributed by atoms with Crippen LogP contribution >= 0.6 is 0 Å². The van der Waals surface area contributed by atoms with Gasteiger partial charge in [0.25, 0.3) is 5.91 Å². The zero-order valence-corrected chi connectivity index (χ0v) is 18.3. The van der Waals surface area contributed by atoms with Crippen LogP contribution in [0.25, 0.3) is 11.1 Å². The Morgan fingerprint density at radius 2 is 1.94 bits per heavy atom. The van der Waals surface area contributed by atoms with Crippen LogP contribution in [-0.4, -0.2) is 21.7 Å². The maximum absolute atomic E-state index is 12.7. The lowest BCUT2D eigenvalue weighted by Crippen LogP contribution is -2.47. The second kappa shape index (κ2) is 9.44. The molecule has 0 fully saturated rings. The SMILES string of the molecule is C=C1NC(=O)NC(C(=O)N[C@H](C)c2cccc(-c3cnn(CCc4ccccc4)c3)c2)=C1N. The molecule has 3 amide bonds.